The number of H-pyrrole nitrogens is 1. The number of aryl methyl sites for hydroxylation is 2. The molecule has 0 spiro atoms. The van der Waals surface area contributed by atoms with E-state index in [1.165, 1.54) is 4.31 Å². The van der Waals surface area contributed by atoms with Gasteiger partial charge in [0.05, 0.1) is 29.8 Å². The molecule has 1 aliphatic heterocycles. The second-order valence-electron chi connectivity index (χ2n) is 5.48. The summed E-state index contributed by atoms with van der Waals surface area (Å²) >= 11 is 3.34. The van der Waals surface area contributed by atoms with E-state index in [-0.39, 0.29) is 10.9 Å². The minimum Gasteiger partial charge on any atom is -0.378 e. The SMILES string of the molecule is Cc1n[nH]c(C)c1[C@H]1COCCN1S(=O)(=O)c1ccccc1Br. The molecule has 1 aromatic carbocycles. The molecule has 1 N–H and O–H groups in total. The van der Waals surface area contributed by atoms with Gasteiger partial charge in [-0.2, -0.15) is 9.40 Å². The lowest BCUT2D eigenvalue weighted by molar-refractivity contribution is 0.0316. The zero-order chi connectivity index (χ0) is 16.6. The molecule has 23 heavy (non-hydrogen) atoms. The monoisotopic (exact) mass is 399 g/mol. The largest absolute Gasteiger partial charge is 0.378 e. The van der Waals surface area contributed by atoms with Crippen LogP contribution in [0.5, 0.6) is 0 Å². The van der Waals surface area contributed by atoms with Crippen LogP contribution in [0.2, 0.25) is 0 Å². The second-order valence-corrected chi connectivity index (χ2v) is 8.20. The number of morpholine rings is 1. The summed E-state index contributed by atoms with van der Waals surface area (Å²) in [5.41, 5.74) is 2.55. The highest BCUT2D eigenvalue weighted by Crippen LogP contribution is 2.34. The normalized spacial score (nSPS) is 19.9. The molecule has 3 rings (SSSR count). The first kappa shape index (κ1) is 16.6. The number of rotatable bonds is 3. The van der Waals surface area contributed by atoms with E-state index >= 15 is 0 Å². The number of benzene rings is 1. The maximum Gasteiger partial charge on any atom is 0.244 e. The van der Waals surface area contributed by atoms with Crippen LogP contribution in [0, 0.1) is 13.8 Å². The molecule has 8 heteroatoms. The number of sulfonamides is 1. The van der Waals surface area contributed by atoms with E-state index in [4.69, 9.17) is 4.74 Å². The fraction of sp³-hybridized carbons (Fsp3) is 0.400. The van der Waals surface area contributed by atoms with E-state index in [9.17, 15) is 8.42 Å². The van der Waals surface area contributed by atoms with E-state index in [2.05, 4.69) is 26.1 Å². The van der Waals surface area contributed by atoms with Crippen molar-refractivity contribution in [3.8, 4) is 0 Å². The van der Waals surface area contributed by atoms with Crippen molar-refractivity contribution < 1.29 is 13.2 Å². The molecule has 0 bridgehead atoms. The van der Waals surface area contributed by atoms with Crippen LogP contribution in [0.15, 0.2) is 33.6 Å². The van der Waals surface area contributed by atoms with Gasteiger partial charge in [-0.3, -0.25) is 5.10 Å². The number of halogens is 1. The molecule has 0 radical (unpaired) electrons. The van der Waals surface area contributed by atoms with Crippen LogP contribution in [0.3, 0.4) is 0 Å². The number of hydrogen-bond acceptors (Lipinski definition) is 4. The third kappa shape index (κ3) is 2.96. The molecule has 1 aliphatic rings. The van der Waals surface area contributed by atoms with Gasteiger partial charge in [0.15, 0.2) is 0 Å². The van der Waals surface area contributed by atoms with E-state index in [1.54, 1.807) is 24.3 Å². The number of hydrogen-bond donors (Lipinski definition) is 1. The first-order valence-corrected chi connectivity index (χ1v) is 9.52. The van der Waals surface area contributed by atoms with E-state index in [1.807, 2.05) is 13.8 Å². The number of aromatic amines is 1. The number of nitrogens with one attached hydrogen (secondary N) is 1. The first-order chi connectivity index (χ1) is 10.9. The van der Waals surface area contributed by atoms with Crippen molar-refractivity contribution in [2.75, 3.05) is 19.8 Å². The predicted molar refractivity (Wildman–Crippen MR) is 89.7 cm³/mol. The molecule has 0 amide bonds. The maximum absolute atomic E-state index is 13.1. The van der Waals surface area contributed by atoms with Gasteiger partial charge >= 0.3 is 0 Å². The zero-order valence-electron chi connectivity index (χ0n) is 12.9. The average Bonchev–Trinajstić information content (AvgIpc) is 2.86. The Hall–Kier alpha value is -1.22. The Kier molecular flexibility index (Phi) is 4.59. The van der Waals surface area contributed by atoms with Crippen molar-refractivity contribution in [2.24, 2.45) is 0 Å². The van der Waals surface area contributed by atoms with Gasteiger partial charge < -0.3 is 4.74 Å². The predicted octanol–water partition coefficient (Wildman–Crippen LogP) is 2.55. The molecule has 124 valence electrons. The number of ether oxygens (including phenoxy) is 1. The van der Waals surface area contributed by atoms with Crippen LogP contribution in [0.4, 0.5) is 0 Å². The highest BCUT2D eigenvalue weighted by Gasteiger charge is 2.37. The molecule has 1 atom stereocenters. The van der Waals surface area contributed by atoms with Gasteiger partial charge in [0.1, 0.15) is 0 Å². The summed E-state index contributed by atoms with van der Waals surface area (Å²) in [5, 5.41) is 7.11. The zero-order valence-corrected chi connectivity index (χ0v) is 15.3. The van der Waals surface area contributed by atoms with Crippen LogP contribution in [0.1, 0.15) is 23.0 Å². The Morgan fingerprint density at radius 1 is 1.35 bits per heavy atom. The van der Waals surface area contributed by atoms with Gasteiger partial charge in [-0.05, 0) is 41.9 Å². The van der Waals surface area contributed by atoms with E-state index in [0.29, 0.717) is 24.2 Å². The number of aromatic nitrogens is 2. The molecule has 1 aromatic heterocycles. The summed E-state index contributed by atoms with van der Waals surface area (Å²) in [5.74, 6) is 0. The van der Waals surface area contributed by atoms with Crippen LogP contribution in [-0.4, -0.2) is 42.7 Å². The lowest BCUT2D eigenvalue weighted by Crippen LogP contribution is -2.43. The molecule has 1 fully saturated rings. The van der Waals surface area contributed by atoms with Crippen LogP contribution in [0.25, 0.3) is 0 Å². The Labute approximate surface area is 144 Å². The highest BCUT2D eigenvalue weighted by molar-refractivity contribution is 9.10. The summed E-state index contributed by atoms with van der Waals surface area (Å²) in [6, 6.07) is 6.49. The quantitative estimate of drug-likeness (QED) is 0.860. The van der Waals surface area contributed by atoms with Crippen LogP contribution < -0.4 is 0 Å². The van der Waals surface area contributed by atoms with Gasteiger partial charge in [0, 0.05) is 22.3 Å². The Bertz CT molecular complexity index is 800. The molecule has 1 saturated heterocycles. The second kappa shape index (κ2) is 6.35. The van der Waals surface area contributed by atoms with Gasteiger partial charge in [-0.25, -0.2) is 8.42 Å². The smallest absolute Gasteiger partial charge is 0.244 e. The fourth-order valence-electron chi connectivity index (χ4n) is 2.93. The Morgan fingerprint density at radius 2 is 2.09 bits per heavy atom. The summed E-state index contributed by atoms with van der Waals surface area (Å²) in [4.78, 5) is 0.269. The summed E-state index contributed by atoms with van der Waals surface area (Å²) in [7, 11) is -3.64. The highest BCUT2D eigenvalue weighted by atomic mass is 79.9. The maximum atomic E-state index is 13.1. The fourth-order valence-corrected chi connectivity index (χ4v) is 5.47. The number of nitrogens with zero attached hydrogens (tertiary/aromatic N) is 2. The van der Waals surface area contributed by atoms with Crippen molar-refractivity contribution in [2.45, 2.75) is 24.8 Å². The van der Waals surface area contributed by atoms with E-state index < -0.39 is 10.0 Å². The van der Waals surface area contributed by atoms with Crippen molar-refractivity contribution in [1.29, 1.82) is 0 Å². The molecular formula is C15H18BrN3O3S. The van der Waals surface area contributed by atoms with Gasteiger partial charge in [0.2, 0.25) is 10.0 Å². The van der Waals surface area contributed by atoms with E-state index in [0.717, 1.165) is 17.0 Å². The Morgan fingerprint density at radius 3 is 2.74 bits per heavy atom. The van der Waals surface area contributed by atoms with Crippen molar-refractivity contribution >= 4 is 26.0 Å². The lowest BCUT2D eigenvalue weighted by atomic mass is 10.1. The third-order valence-electron chi connectivity index (χ3n) is 4.02. The van der Waals surface area contributed by atoms with Gasteiger partial charge in [-0.15, -0.1) is 0 Å². The molecular weight excluding hydrogens is 382 g/mol. The molecule has 2 aromatic rings. The Balaban J connectivity index is 2.07. The first-order valence-electron chi connectivity index (χ1n) is 7.28. The molecule has 6 nitrogen and oxygen atoms in total. The van der Waals surface area contributed by atoms with Crippen molar-refractivity contribution in [1.82, 2.24) is 14.5 Å². The minimum absolute atomic E-state index is 0.269. The average molecular weight is 400 g/mol. The standard InChI is InChI=1S/C15H18BrN3O3S/c1-10-15(11(2)18-17-10)13-9-22-8-7-19(13)23(20,21)14-6-4-3-5-12(14)16/h3-6,13H,7-9H2,1-2H3,(H,17,18)/t13-/m1/s1. The topological polar surface area (TPSA) is 75.3 Å². The summed E-state index contributed by atoms with van der Waals surface area (Å²) < 4.78 is 33.9. The minimum atomic E-state index is -3.64. The van der Waals surface area contributed by atoms with Crippen LogP contribution >= 0.6 is 15.9 Å². The van der Waals surface area contributed by atoms with Gasteiger partial charge in [-0.1, -0.05) is 12.1 Å². The van der Waals surface area contributed by atoms with Gasteiger partial charge in [0.25, 0.3) is 0 Å². The lowest BCUT2D eigenvalue weighted by Gasteiger charge is -2.35. The summed E-state index contributed by atoms with van der Waals surface area (Å²) in [6.45, 7) is 4.79. The molecule has 2 heterocycles. The molecule has 0 aliphatic carbocycles. The van der Waals surface area contributed by atoms with Crippen molar-refractivity contribution in [3.63, 3.8) is 0 Å². The summed E-state index contributed by atoms with van der Waals surface area (Å²) in [6.07, 6.45) is 0. The van der Waals surface area contributed by atoms with Crippen molar-refractivity contribution in [3.05, 3.63) is 45.7 Å². The van der Waals surface area contributed by atoms with Crippen LogP contribution in [-0.2, 0) is 14.8 Å². The molecule has 0 unspecified atom stereocenters. The molecule has 0 saturated carbocycles. The third-order valence-corrected chi connectivity index (χ3v) is 6.94.